The standard InChI is InChI=1S/C13H12N8O5/c1-16-17-9-5-10(8(15)4-7(9)14)18-19-11-2-6(20(23)24)3-12(13(11)22)21(25)26/h2-5,22H,14-15H2,1H3. The zero-order chi connectivity index (χ0) is 19.4. The average molecular weight is 360 g/mol. The smallest absolute Gasteiger partial charge is 0.319 e. The number of benzene rings is 2. The minimum absolute atomic E-state index is 0.0789. The topological polar surface area (TPSA) is 208 Å². The Kier molecular flexibility index (Phi) is 5.01. The second kappa shape index (κ2) is 7.16. The molecule has 0 saturated carbocycles. The van der Waals surface area contributed by atoms with Gasteiger partial charge in [0.1, 0.15) is 17.1 Å². The van der Waals surface area contributed by atoms with Crippen molar-refractivity contribution >= 4 is 39.8 Å². The molecular weight excluding hydrogens is 348 g/mol. The molecule has 134 valence electrons. The van der Waals surface area contributed by atoms with Crippen LogP contribution in [0.15, 0.2) is 44.7 Å². The lowest BCUT2D eigenvalue weighted by Gasteiger charge is -2.04. The molecule has 0 amide bonds. The van der Waals surface area contributed by atoms with Crippen LogP contribution >= 0.6 is 0 Å². The summed E-state index contributed by atoms with van der Waals surface area (Å²) < 4.78 is 0. The molecule has 26 heavy (non-hydrogen) atoms. The van der Waals surface area contributed by atoms with E-state index in [-0.39, 0.29) is 22.7 Å². The fourth-order valence-corrected chi connectivity index (χ4v) is 1.91. The van der Waals surface area contributed by atoms with E-state index < -0.39 is 32.7 Å². The third-order valence-corrected chi connectivity index (χ3v) is 3.11. The van der Waals surface area contributed by atoms with Gasteiger partial charge < -0.3 is 16.6 Å². The normalized spacial score (nSPS) is 11.3. The summed E-state index contributed by atoms with van der Waals surface area (Å²) in [6.45, 7) is 0. The van der Waals surface area contributed by atoms with E-state index in [2.05, 4.69) is 20.5 Å². The maximum atomic E-state index is 10.9. The Morgan fingerprint density at radius 3 is 2.00 bits per heavy atom. The van der Waals surface area contributed by atoms with Crippen LogP contribution in [0, 0.1) is 20.2 Å². The van der Waals surface area contributed by atoms with Crippen LogP contribution in [0.5, 0.6) is 5.75 Å². The number of hydrogen-bond donors (Lipinski definition) is 3. The first-order chi connectivity index (χ1) is 12.2. The molecule has 0 aliphatic rings. The Labute approximate surface area is 145 Å². The van der Waals surface area contributed by atoms with Gasteiger partial charge in [-0.25, -0.2) is 0 Å². The monoisotopic (exact) mass is 360 g/mol. The highest BCUT2D eigenvalue weighted by Gasteiger charge is 2.24. The quantitative estimate of drug-likeness (QED) is 0.312. The van der Waals surface area contributed by atoms with Gasteiger partial charge >= 0.3 is 5.69 Å². The number of nitrogen functional groups attached to an aromatic ring is 2. The summed E-state index contributed by atoms with van der Waals surface area (Å²) in [5.74, 6) is -0.869. The van der Waals surface area contributed by atoms with Crippen LogP contribution in [-0.2, 0) is 0 Å². The number of phenolic OH excluding ortho intramolecular Hbond substituents is 1. The summed E-state index contributed by atoms with van der Waals surface area (Å²) in [6, 6.07) is 4.16. The summed E-state index contributed by atoms with van der Waals surface area (Å²) in [6.07, 6.45) is 0. The van der Waals surface area contributed by atoms with Crippen molar-refractivity contribution in [3.8, 4) is 5.75 Å². The van der Waals surface area contributed by atoms with E-state index in [0.29, 0.717) is 6.07 Å². The predicted octanol–water partition coefficient (Wildman–Crippen LogP) is 3.50. The molecule has 13 heteroatoms. The van der Waals surface area contributed by atoms with Crippen molar-refractivity contribution in [2.24, 2.45) is 20.5 Å². The molecule has 0 bridgehead atoms. The molecule has 0 unspecified atom stereocenters. The summed E-state index contributed by atoms with van der Waals surface area (Å²) in [7, 11) is 1.43. The predicted molar refractivity (Wildman–Crippen MR) is 91.3 cm³/mol. The van der Waals surface area contributed by atoms with E-state index in [1.54, 1.807) is 0 Å². The minimum atomic E-state index is -0.974. The second-order valence-electron chi connectivity index (χ2n) is 4.82. The number of anilines is 2. The Balaban J connectivity index is 2.56. The lowest BCUT2D eigenvalue weighted by atomic mass is 10.2. The number of non-ortho nitro benzene ring substituents is 1. The number of nitrogens with zero attached hydrogens (tertiary/aromatic N) is 6. The second-order valence-corrected chi connectivity index (χ2v) is 4.82. The van der Waals surface area contributed by atoms with Crippen molar-refractivity contribution in [3.63, 3.8) is 0 Å². The number of nitro benzene ring substituents is 2. The molecule has 0 spiro atoms. The fraction of sp³-hybridized carbons (Fsp3) is 0.0769. The molecule has 2 aromatic carbocycles. The first-order valence-electron chi connectivity index (χ1n) is 6.81. The van der Waals surface area contributed by atoms with Gasteiger partial charge in [-0.15, -0.1) is 10.2 Å². The number of hydrogen-bond acceptors (Lipinski definition) is 11. The molecule has 2 rings (SSSR count). The van der Waals surface area contributed by atoms with E-state index in [9.17, 15) is 25.3 Å². The van der Waals surface area contributed by atoms with Gasteiger partial charge in [0.15, 0.2) is 0 Å². The molecule has 5 N–H and O–H groups in total. The first kappa shape index (κ1) is 18.2. The minimum Gasteiger partial charge on any atom is -0.501 e. The van der Waals surface area contributed by atoms with Gasteiger partial charge in [-0.3, -0.25) is 20.2 Å². The van der Waals surface area contributed by atoms with Gasteiger partial charge in [0.25, 0.3) is 5.69 Å². The highest BCUT2D eigenvalue weighted by atomic mass is 16.6. The highest BCUT2D eigenvalue weighted by molar-refractivity contribution is 5.77. The number of nitro groups is 2. The van der Waals surface area contributed by atoms with Crippen molar-refractivity contribution in [2.75, 3.05) is 18.5 Å². The summed E-state index contributed by atoms with van der Waals surface area (Å²) in [5, 5.41) is 46.4. The zero-order valence-electron chi connectivity index (χ0n) is 13.2. The first-order valence-corrected chi connectivity index (χ1v) is 6.81. The van der Waals surface area contributed by atoms with Crippen molar-refractivity contribution in [1.29, 1.82) is 0 Å². The molecule has 13 nitrogen and oxygen atoms in total. The van der Waals surface area contributed by atoms with Crippen molar-refractivity contribution in [2.45, 2.75) is 0 Å². The number of aromatic hydroxyl groups is 1. The SMILES string of the molecule is CN=Nc1cc(N=Nc2cc([N+](=O)[O-])cc([N+](=O)[O-])c2O)c(N)cc1N. The third kappa shape index (κ3) is 3.66. The molecule has 0 heterocycles. The lowest BCUT2D eigenvalue weighted by molar-refractivity contribution is -0.394. The Hall–Kier alpha value is -4.16. The van der Waals surface area contributed by atoms with E-state index in [4.69, 9.17) is 11.5 Å². The summed E-state index contributed by atoms with van der Waals surface area (Å²) >= 11 is 0. The van der Waals surface area contributed by atoms with Gasteiger partial charge in [-0.2, -0.15) is 10.2 Å². The number of nitrogens with two attached hydrogens (primary N) is 2. The molecule has 0 aromatic heterocycles. The zero-order valence-corrected chi connectivity index (χ0v) is 13.2. The number of rotatable bonds is 5. The van der Waals surface area contributed by atoms with Crippen LogP contribution in [0.2, 0.25) is 0 Å². The van der Waals surface area contributed by atoms with Crippen LogP contribution in [0.1, 0.15) is 0 Å². The Morgan fingerprint density at radius 1 is 0.885 bits per heavy atom. The van der Waals surface area contributed by atoms with Gasteiger partial charge in [0.2, 0.25) is 5.75 Å². The van der Waals surface area contributed by atoms with Crippen LogP contribution in [-0.4, -0.2) is 22.0 Å². The molecule has 0 radical (unpaired) electrons. The average Bonchev–Trinajstić information content (AvgIpc) is 2.56. The van der Waals surface area contributed by atoms with Gasteiger partial charge in [-0.05, 0) is 12.1 Å². The highest BCUT2D eigenvalue weighted by Crippen LogP contribution is 2.41. The van der Waals surface area contributed by atoms with E-state index in [1.807, 2.05) is 0 Å². The van der Waals surface area contributed by atoms with Gasteiger partial charge in [-0.1, -0.05) is 0 Å². The van der Waals surface area contributed by atoms with E-state index in [1.165, 1.54) is 19.2 Å². The van der Waals surface area contributed by atoms with Gasteiger partial charge in [0, 0.05) is 13.1 Å². The van der Waals surface area contributed by atoms with E-state index >= 15 is 0 Å². The maximum Gasteiger partial charge on any atom is 0.319 e. The van der Waals surface area contributed by atoms with Crippen LogP contribution in [0.3, 0.4) is 0 Å². The molecule has 0 aliphatic carbocycles. The number of azo groups is 2. The van der Waals surface area contributed by atoms with Crippen LogP contribution in [0.25, 0.3) is 0 Å². The van der Waals surface area contributed by atoms with Crippen molar-refractivity contribution in [3.05, 3.63) is 44.5 Å². The van der Waals surface area contributed by atoms with Crippen molar-refractivity contribution in [1.82, 2.24) is 0 Å². The summed E-state index contributed by atoms with van der Waals surface area (Å²) in [5.41, 5.74) is 10.2. The molecule has 0 aliphatic heterocycles. The largest absolute Gasteiger partial charge is 0.501 e. The fourth-order valence-electron chi connectivity index (χ4n) is 1.91. The Morgan fingerprint density at radius 2 is 1.46 bits per heavy atom. The summed E-state index contributed by atoms with van der Waals surface area (Å²) in [4.78, 5) is 20.0. The third-order valence-electron chi connectivity index (χ3n) is 3.11. The molecule has 0 saturated heterocycles. The lowest BCUT2D eigenvalue weighted by Crippen LogP contribution is -1.93. The van der Waals surface area contributed by atoms with Gasteiger partial charge in [0.05, 0.1) is 27.3 Å². The van der Waals surface area contributed by atoms with E-state index in [0.717, 1.165) is 6.07 Å². The van der Waals surface area contributed by atoms with Crippen molar-refractivity contribution < 1.29 is 15.0 Å². The molecular formula is C13H12N8O5. The number of phenols is 1. The molecule has 0 fully saturated rings. The molecule has 2 aromatic rings. The van der Waals surface area contributed by atoms with Crippen LogP contribution in [0.4, 0.5) is 39.8 Å². The molecule has 0 atom stereocenters. The Bertz CT molecular complexity index is 956. The maximum absolute atomic E-state index is 10.9. The van der Waals surface area contributed by atoms with Crippen LogP contribution < -0.4 is 11.5 Å².